The fraction of sp³-hybridized carbons (Fsp3) is 0.333. The van der Waals surface area contributed by atoms with E-state index in [4.69, 9.17) is 4.74 Å². The Bertz CT molecular complexity index is 981. The summed E-state index contributed by atoms with van der Waals surface area (Å²) in [6.45, 7) is 2.05. The van der Waals surface area contributed by atoms with Crippen LogP contribution in [0.2, 0.25) is 0 Å². The van der Waals surface area contributed by atoms with Crippen molar-refractivity contribution < 1.29 is 22.7 Å². The number of nitrogens with zero attached hydrogens (tertiary/aromatic N) is 1. The van der Waals surface area contributed by atoms with Gasteiger partial charge in [0.2, 0.25) is 5.91 Å². The average molecular weight is 409 g/mol. The number of fused-ring (bicyclic) bond motifs is 1. The highest BCUT2D eigenvalue weighted by atomic mass is 32.2. The second-order valence-electron chi connectivity index (χ2n) is 6.11. The van der Waals surface area contributed by atoms with Crippen molar-refractivity contribution in [2.24, 2.45) is 0 Å². The Kier molecular flexibility index (Phi) is 5.52. The molecule has 0 fully saturated rings. The zero-order chi connectivity index (χ0) is 19.6. The third-order valence-corrected chi connectivity index (χ3v) is 7.67. The van der Waals surface area contributed by atoms with Crippen LogP contribution in [-0.4, -0.2) is 33.9 Å². The molecule has 3 rings (SSSR count). The number of amides is 1. The Morgan fingerprint density at radius 1 is 1.26 bits per heavy atom. The standard InChI is InChI=1S/C18H20N2O5S2/c1-12(21)19-11-13-8-9-17(26-13)27(23,24)20-10-4-6-14-15(18(22)25-2)5-3-7-16(14)20/h3,5,7-9H,4,6,10-11H2,1-2H3,(H,19,21). The first-order valence-electron chi connectivity index (χ1n) is 8.40. The van der Waals surface area contributed by atoms with Gasteiger partial charge in [-0.05, 0) is 42.7 Å². The lowest BCUT2D eigenvalue weighted by Gasteiger charge is -2.30. The zero-order valence-electron chi connectivity index (χ0n) is 15.0. The van der Waals surface area contributed by atoms with Crippen LogP contribution in [0.5, 0.6) is 0 Å². The zero-order valence-corrected chi connectivity index (χ0v) is 16.7. The van der Waals surface area contributed by atoms with Gasteiger partial charge in [-0.3, -0.25) is 9.10 Å². The van der Waals surface area contributed by atoms with Crippen LogP contribution in [0.4, 0.5) is 5.69 Å². The van der Waals surface area contributed by atoms with Crippen molar-refractivity contribution in [1.29, 1.82) is 0 Å². The molecular formula is C18H20N2O5S2. The quantitative estimate of drug-likeness (QED) is 0.767. The fourth-order valence-electron chi connectivity index (χ4n) is 3.05. The summed E-state index contributed by atoms with van der Waals surface area (Å²) in [5.41, 5.74) is 1.60. The monoisotopic (exact) mass is 408 g/mol. The van der Waals surface area contributed by atoms with Gasteiger partial charge in [0.25, 0.3) is 10.0 Å². The number of carbonyl (C=O) groups is 2. The van der Waals surface area contributed by atoms with E-state index in [1.165, 1.54) is 18.3 Å². The molecule has 0 radical (unpaired) electrons. The van der Waals surface area contributed by atoms with Gasteiger partial charge < -0.3 is 10.1 Å². The highest BCUT2D eigenvalue weighted by Gasteiger charge is 2.32. The lowest BCUT2D eigenvalue weighted by Crippen LogP contribution is -2.35. The van der Waals surface area contributed by atoms with Crippen molar-refractivity contribution in [3.8, 4) is 0 Å². The molecule has 1 amide bonds. The molecule has 1 aromatic carbocycles. The van der Waals surface area contributed by atoms with E-state index in [-0.39, 0.29) is 10.1 Å². The molecular weight excluding hydrogens is 388 g/mol. The summed E-state index contributed by atoms with van der Waals surface area (Å²) in [4.78, 5) is 23.8. The van der Waals surface area contributed by atoms with Gasteiger partial charge in [-0.15, -0.1) is 11.3 Å². The predicted octanol–water partition coefficient (Wildman–Crippen LogP) is 2.31. The largest absolute Gasteiger partial charge is 0.465 e. The minimum atomic E-state index is -3.76. The molecule has 1 aliphatic heterocycles. The molecule has 1 aliphatic rings. The van der Waals surface area contributed by atoms with Crippen molar-refractivity contribution in [3.63, 3.8) is 0 Å². The molecule has 1 aromatic heterocycles. The van der Waals surface area contributed by atoms with Crippen LogP contribution in [0, 0.1) is 0 Å². The first-order valence-corrected chi connectivity index (χ1v) is 10.7. The van der Waals surface area contributed by atoms with Gasteiger partial charge in [0.05, 0.1) is 24.9 Å². The second kappa shape index (κ2) is 7.69. The van der Waals surface area contributed by atoms with Gasteiger partial charge in [0.15, 0.2) is 0 Å². The molecule has 9 heteroatoms. The van der Waals surface area contributed by atoms with E-state index in [0.29, 0.717) is 42.7 Å². The summed E-state index contributed by atoms with van der Waals surface area (Å²) in [6, 6.07) is 8.27. The van der Waals surface area contributed by atoms with E-state index < -0.39 is 16.0 Å². The Morgan fingerprint density at radius 3 is 2.74 bits per heavy atom. The van der Waals surface area contributed by atoms with E-state index >= 15 is 0 Å². The third-order valence-electron chi connectivity index (χ3n) is 4.31. The molecule has 0 saturated heterocycles. The van der Waals surface area contributed by atoms with Crippen LogP contribution in [0.25, 0.3) is 0 Å². The summed E-state index contributed by atoms with van der Waals surface area (Å²) in [5, 5.41) is 2.66. The molecule has 0 saturated carbocycles. The van der Waals surface area contributed by atoms with E-state index in [2.05, 4.69) is 5.32 Å². The smallest absolute Gasteiger partial charge is 0.338 e. The number of sulfonamides is 1. The molecule has 7 nitrogen and oxygen atoms in total. The van der Waals surface area contributed by atoms with Crippen LogP contribution in [0.15, 0.2) is 34.5 Å². The number of hydrogen-bond donors (Lipinski definition) is 1. The van der Waals surface area contributed by atoms with E-state index in [9.17, 15) is 18.0 Å². The molecule has 0 atom stereocenters. The highest BCUT2D eigenvalue weighted by molar-refractivity contribution is 7.94. The molecule has 0 bridgehead atoms. The number of esters is 1. The lowest BCUT2D eigenvalue weighted by molar-refractivity contribution is -0.119. The summed E-state index contributed by atoms with van der Waals surface area (Å²) in [5.74, 6) is -0.645. The maximum Gasteiger partial charge on any atom is 0.338 e. The summed E-state index contributed by atoms with van der Waals surface area (Å²) in [6.07, 6.45) is 1.23. The van der Waals surface area contributed by atoms with Gasteiger partial charge in [-0.25, -0.2) is 13.2 Å². The molecule has 2 heterocycles. The second-order valence-corrected chi connectivity index (χ2v) is 9.36. The Balaban J connectivity index is 1.96. The molecule has 0 spiro atoms. The van der Waals surface area contributed by atoms with Gasteiger partial charge >= 0.3 is 5.97 Å². The number of rotatable bonds is 5. The van der Waals surface area contributed by atoms with Crippen molar-refractivity contribution in [3.05, 3.63) is 46.3 Å². The van der Waals surface area contributed by atoms with Crippen molar-refractivity contribution in [1.82, 2.24) is 5.32 Å². The van der Waals surface area contributed by atoms with Crippen LogP contribution >= 0.6 is 11.3 Å². The number of hydrogen-bond acceptors (Lipinski definition) is 6. The number of methoxy groups -OCH3 is 1. The first-order chi connectivity index (χ1) is 12.8. The Labute approximate surface area is 162 Å². The summed E-state index contributed by atoms with van der Waals surface area (Å²) < 4.78 is 32.7. The maximum atomic E-state index is 13.2. The number of nitrogens with one attached hydrogen (secondary N) is 1. The molecule has 2 aromatic rings. The van der Waals surface area contributed by atoms with Gasteiger partial charge in [0, 0.05) is 18.3 Å². The molecule has 27 heavy (non-hydrogen) atoms. The van der Waals surface area contributed by atoms with Crippen molar-refractivity contribution in [2.75, 3.05) is 18.0 Å². The van der Waals surface area contributed by atoms with E-state index in [1.807, 2.05) is 0 Å². The fourth-order valence-corrected chi connectivity index (χ4v) is 6.00. The number of ether oxygens (including phenoxy) is 1. The molecule has 144 valence electrons. The summed E-state index contributed by atoms with van der Waals surface area (Å²) >= 11 is 1.13. The summed E-state index contributed by atoms with van der Waals surface area (Å²) in [7, 11) is -2.45. The minimum Gasteiger partial charge on any atom is -0.465 e. The van der Waals surface area contributed by atoms with Crippen molar-refractivity contribution in [2.45, 2.75) is 30.5 Å². The number of thiophene rings is 1. The third kappa shape index (κ3) is 3.84. The van der Waals surface area contributed by atoms with Crippen LogP contribution in [0.1, 0.15) is 34.1 Å². The number of anilines is 1. The Hall–Kier alpha value is -2.39. The molecule has 0 aliphatic carbocycles. The first kappa shape index (κ1) is 19.4. The van der Waals surface area contributed by atoms with Gasteiger partial charge in [0.1, 0.15) is 4.21 Å². The normalized spacial score (nSPS) is 13.8. The van der Waals surface area contributed by atoms with Gasteiger partial charge in [-0.2, -0.15) is 0 Å². The molecule has 1 N–H and O–H groups in total. The molecule has 0 unspecified atom stereocenters. The SMILES string of the molecule is COC(=O)c1cccc2c1CCCN2S(=O)(=O)c1ccc(CNC(C)=O)s1. The predicted molar refractivity (Wildman–Crippen MR) is 102 cm³/mol. The van der Waals surface area contributed by atoms with Crippen LogP contribution in [-0.2, 0) is 32.5 Å². The number of benzene rings is 1. The van der Waals surface area contributed by atoms with Crippen LogP contribution in [0.3, 0.4) is 0 Å². The van der Waals surface area contributed by atoms with Crippen LogP contribution < -0.4 is 9.62 Å². The van der Waals surface area contributed by atoms with Gasteiger partial charge in [-0.1, -0.05) is 6.07 Å². The average Bonchev–Trinajstić information content (AvgIpc) is 3.14. The van der Waals surface area contributed by atoms with E-state index in [0.717, 1.165) is 16.2 Å². The number of carbonyl (C=O) groups excluding carboxylic acids is 2. The minimum absolute atomic E-state index is 0.173. The highest BCUT2D eigenvalue weighted by Crippen LogP contribution is 2.36. The Morgan fingerprint density at radius 2 is 2.04 bits per heavy atom. The maximum absolute atomic E-state index is 13.2. The topological polar surface area (TPSA) is 92.8 Å². The van der Waals surface area contributed by atoms with Crippen molar-refractivity contribution >= 4 is 38.9 Å². The van der Waals surface area contributed by atoms with E-state index in [1.54, 1.807) is 30.3 Å². The lowest BCUT2D eigenvalue weighted by atomic mass is 9.98.